The highest BCUT2D eigenvalue weighted by Crippen LogP contribution is 2.34. The monoisotopic (exact) mass is 262 g/mol. The average Bonchev–Trinajstić information content (AvgIpc) is 2.66. The highest BCUT2D eigenvalue weighted by Gasteiger charge is 2.40. The van der Waals surface area contributed by atoms with E-state index in [2.05, 4.69) is 4.98 Å². The smallest absolute Gasteiger partial charge is 0.198 e. The molecule has 104 valence electrons. The van der Waals surface area contributed by atoms with Crippen LogP contribution in [0, 0.1) is 0 Å². The number of aromatic nitrogens is 1. The minimum atomic E-state index is -0.692. The molecule has 0 saturated heterocycles. The van der Waals surface area contributed by atoms with E-state index in [4.69, 9.17) is 10.5 Å². The molecule has 1 saturated carbocycles. The van der Waals surface area contributed by atoms with E-state index >= 15 is 0 Å². The van der Waals surface area contributed by atoms with Crippen LogP contribution in [0.1, 0.15) is 55.8 Å². The van der Waals surface area contributed by atoms with Crippen LogP contribution in [0.15, 0.2) is 18.5 Å². The van der Waals surface area contributed by atoms with Gasteiger partial charge in [0.05, 0.1) is 5.56 Å². The minimum absolute atomic E-state index is 0.00171. The molecule has 0 radical (unpaired) electrons. The molecule has 0 atom stereocenters. The molecule has 0 unspecified atom stereocenters. The number of ketones is 1. The standard InChI is InChI=1S/C15H22N2O2/c1-2-19-15(8-5-3-4-6-9-15)14(18)12-11-17-10-7-13(12)16/h7,10-11H,2-6,8-9H2,1H3,(H2,16,17). The van der Waals surface area contributed by atoms with Crippen molar-refractivity contribution in [3.05, 3.63) is 24.0 Å². The molecule has 1 heterocycles. The molecule has 19 heavy (non-hydrogen) atoms. The molecule has 1 aliphatic rings. The van der Waals surface area contributed by atoms with Gasteiger partial charge in [-0.05, 0) is 25.8 Å². The summed E-state index contributed by atoms with van der Waals surface area (Å²) in [6.45, 7) is 2.48. The van der Waals surface area contributed by atoms with Gasteiger partial charge in [0.25, 0.3) is 0 Å². The number of nitrogen functional groups attached to an aromatic ring is 1. The van der Waals surface area contributed by atoms with Crippen LogP contribution in [0.3, 0.4) is 0 Å². The molecule has 1 fully saturated rings. The van der Waals surface area contributed by atoms with E-state index in [9.17, 15) is 4.79 Å². The normalized spacial score (nSPS) is 18.8. The maximum atomic E-state index is 12.8. The van der Waals surface area contributed by atoms with Crippen molar-refractivity contribution in [3.8, 4) is 0 Å². The number of carbonyl (C=O) groups is 1. The summed E-state index contributed by atoms with van der Waals surface area (Å²) in [7, 11) is 0. The zero-order chi connectivity index (χ0) is 13.7. The Morgan fingerprint density at radius 1 is 1.37 bits per heavy atom. The summed E-state index contributed by atoms with van der Waals surface area (Å²) < 4.78 is 5.89. The third kappa shape index (κ3) is 2.95. The second-order valence-electron chi connectivity index (χ2n) is 5.13. The van der Waals surface area contributed by atoms with Crippen LogP contribution in [0.4, 0.5) is 5.69 Å². The molecular weight excluding hydrogens is 240 g/mol. The Morgan fingerprint density at radius 3 is 2.63 bits per heavy atom. The minimum Gasteiger partial charge on any atom is -0.398 e. The van der Waals surface area contributed by atoms with Crippen LogP contribution in [0.2, 0.25) is 0 Å². The van der Waals surface area contributed by atoms with Gasteiger partial charge in [-0.1, -0.05) is 25.7 Å². The lowest BCUT2D eigenvalue weighted by Gasteiger charge is -2.31. The van der Waals surface area contributed by atoms with Gasteiger partial charge in [-0.25, -0.2) is 0 Å². The van der Waals surface area contributed by atoms with Crippen molar-refractivity contribution in [2.45, 2.75) is 51.0 Å². The van der Waals surface area contributed by atoms with E-state index in [0.29, 0.717) is 17.9 Å². The topological polar surface area (TPSA) is 65.2 Å². The number of hydrogen-bond donors (Lipinski definition) is 1. The number of Topliss-reactive ketones (excluding diaryl/α,β-unsaturated/α-hetero) is 1. The lowest BCUT2D eigenvalue weighted by molar-refractivity contribution is -0.0292. The highest BCUT2D eigenvalue weighted by atomic mass is 16.5. The molecular formula is C15H22N2O2. The van der Waals surface area contributed by atoms with Gasteiger partial charge in [-0.3, -0.25) is 9.78 Å². The molecule has 4 heteroatoms. The molecule has 2 rings (SSSR count). The zero-order valence-electron chi connectivity index (χ0n) is 11.5. The van der Waals surface area contributed by atoms with Gasteiger partial charge in [0.1, 0.15) is 5.60 Å². The van der Waals surface area contributed by atoms with Gasteiger partial charge in [0, 0.05) is 24.7 Å². The van der Waals surface area contributed by atoms with Gasteiger partial charge in [-0.15, -0.1) is 0 Å². The number of hydrogen-bond acceptors (Lipinski definition) is 4. The van der Waals surface area contributed by atoms with Gasteiger partial charge in [0.2, 0.25) is 0 Å². The molecule has 4 nitrogen and oxygen atoms in total. The quantitative estimate of drug-likeness (QED) is 0.669. The summed E-state index contributed by atoms with van der Waals surface area (Å²) in [5, 5.41) is 0. The number of nitrogens with zero attached hydrogens (tertiary/aromatic N) is 1. The maximum absolute atomic E-state index is 12.8. The summed E-state index contributed by atoms with van der Waals surface area (Å²) >= 11 is 0. The predicted molar refractivity (Wildman–Crippen MR) is 75.0 cm³/mol. The molecule has 0 amide bonds. The third-order valence-electron chi connectivity index (χ3n) is 3.85. The van der Waals surface area contributed by atoms with E-state index in [-0.39, 0.29) is 5.78 Å². The second-order valence-corrected chi connectivity index (χ2v) is 5.13. The summed E-state index contributed by atoms with van der Waals surface area (Å²) in [6.07, 6.45) is 9.14. The Hall–Kier alpha value is -1.42. The molecule has 1 aromatic heterocycles. The van der Waals surface area contributed by atoms with Gasteiger partial charge in [0.15, 0.2) is 5.78 Å². The molecule has 0 spiro atoms. The van der Waals surface area contributed by atoms with Crippen molar-refractivity contribution in [3.63, 3.8) is 0 Å². The number of carbonyl (C=O) groups excluding carboxylic acids is 1. The number of pyridine rings is 1. The van der Waals surface area contributed by atoms with E-state index < -0.39 is 5.60 Å². The molecule has 1 aromatic rings. The first-order chi connectivity index (χ1) is 9.19. The van der Waals surface area contributed by atoms with E-state index in [1.54, 1.807) is 18.5 Å². The Balaban J connectivity index is 2.32. The first-order valence-electron chi connectivity index (χ1n) is 7.08. The zero-order valence-corrected chi connectivity index (χ0v) is 11.5. The predicted octanol–water partition coefficient (Wildman–Crippen LogP) is 2.98. The number of ether oxygens (including phenoxy) is 1. The maximum Gasteiger partial charge on any atom is 0.198 e. The summed E-state index contributed by atoms with van der Waals surface area (Å²) in [4.78, 5) is 16.9. The number of nitrogens with two attached hydrogens (primary N) is 1. The third-order valence-corrected chi connectivity index (χ3v) is 3.85. The van der Waals surface area contributed by atoms with Crippen molar-refractivity contribution in [2.75, 3.05) is 12.3 Å². The van der Waals surface area contributed by atoms with Crippen molar-refractivity contribution in [1.82, 2.24) is 4.98 Å². The Labute approximate surface area is 114 Å². The molecule has 0 aliphatic heterocycles. The lowest BCUT2D eigenvalue weighted by Crippen LogP contribution is -2.41. The average molecular weight is 262 g/mol. The fourth-order valence-corrected chi connectivity index (χ4v) is 2.85. The van der Waals surface area contributed by atoms with Crippen molar-refractivity contribution >= 4 is 11.5 Å². The highest BCUT2D eigenvalue weighted by molar-refractivity contribution is 6.06. The molecule has 0 bridgehead atoms. The van der Waals surface area contributed by atoms with Gasteiger partial charge >= 0.3 is 0 Å². The Kier molecular flexibility index (Phi) is 4.53. The van der Waals surface area contributed by atoms with Crippen LogP contribution < -0.4 is 5.73 Å². The fourth-order valence-electron chi connectivity index (χ4n) is 2.85. The fraction of sp³-hybridized carbons (Fsp3) is 0.600. The summed E-state index contributed by atoms with van der Waals surface area (Å²) in [6, 6.07) is 1.67. The second kappa shape index (κ2) is 6.15. The van der Waals surface area contributed by atoms with E-state index in [1.807, 2.05) is 6.92 Å². The van der Waals surface area contributed by atoms with Crippen molar-refractivity contribution < 1.29 is 9.53 Å². The van der Waals surface area contributed by atoms with Crippen LogP contribution in [0.25, 0.3) is 0 Å². The van der Waals surface area contributed by atoms with Gasteiger partial charge in [-0.2, -0.15) is 0 Å². The first kappa shape index (κ1) is 14.0. The van der Waals surface area contributed by atoms with Crippen LogP contribution >= 0.6 is 0 Å². The number of anilines is 1. The number of rotatable bonds is 4. The first-order valence-corrected chi connectivity index (χ1v) is 7.08. The Bertz CT molecular complexity index is 438. The SMILES string of the molecule is CCOC1(C(=O)c2cnccc2N)CCCCCC1. The van der Waals surface area contributed by atoms with E-state index in [1.165, 1.54) is 12.8 Å². The van der Waals surface area contributed by atoms with Crippen molar-refractivity contribution in [2.24, 2.45) is 0 Å². The molecule has 0 aromatic carbocycles. The molecule has 1 aliphatic carbocycles. The van der Waals surface area contributed by atoms with Crippen LogP contribution in [-0.2, 0) is 4.74 Å². The van der Waals surface area contributed by atoms with E-state index in [0.717, 1.165) is 25.7 Å². The Morgan fingerprint density at radius 2 is 2.05 bits per heavy atom. The molecule has 2 N–H and O–H groups in total. The summed E-state index contributed by atoms with van der Waals surface area (Å²) in [5.74, 6) is 0.00171. The van der Waals surface area contributed by atoms with Gasteiger partial charge < -0.3 is 10.5 Å². The van der Waals surface area contributed by atoms with Crippen LogP contribution in [-0.4, -0.2) is 23.0 Å². The summed E-state index contributed by atoms with van der Waals surface area (Å²) in [5.41, 5.74) is 6.20. The van der Waals surface area contributed by atoms with Crippen LogP contribution in [0.5, 0.6) is 0 Å². The lowest BCUT2D eigenvalue weighted by atomic mass is 9.85. The van der Waals surface area contributed by atoms with Crippen molar-refractivity contribution in [1.29, 1.82) is 0 Å². The largest absolute Gasteiger partial charge is 0.398 e.